The molecule has 0 heterocycles. The van der Waals surface area contributed by atoms with E-state index in [2.05, 4.69) is 6.92 Å². The zero-order valence-electron chi connectivity index (χ0n) is 6.27. The van der Waals surface area contributed by atoms with E-state index in [9.17, 15) is 0 Å². The fourth-order valence-corrected chi connectivity index (χ4v) is 10.1. The molecule has 1 radical (unpaired) electrons. The van der Waals surface area contributed by atoms with Crippen molar-refractivity contribution in [1.29, 1.82) is 0 Å². The van der Waals surface area contributed by atoms with Gasteiger partial charge in [0.1, 0.15) is 0 Å². The first-order chi connectivity index (χ1) is 4.81. The number of unbranched alkanes of at least 4 members (excludes halogenated alkanes) is 1. The number of aliphatic hydroxyl groups excluding tert-OH is 1. The number of hydrogen-bond donors (Lipinski definition) is 1. The minimum atomic E-state index is -1.51. The van der Waals surface area contributed by atoms with E-state index in [-0.39, 0.29) is 6.61 Å². The Balaban J connectivity index is 3.00. The summed E-state index contributed by atoms with van der Waals surface area (Å²) < 4.78 is 1.25. The molecule has 0 unspecified atom stereocenters. The van der Waals surface area contributed by atoms with Crippen molar-refractivity contribution in [2.45, 2.75) is 24.2 Å². The van der Waals surface area contributed by atoms with E-state index in [1.165, 1.54) is 17.3 Å². The summed E-state index contributed by atoms with van der Waals surface area (Å²) in [5.41, 5.74) is 0. The zero-order valence-corrected chi connectivity index (χ0v) is 10.7. The molecule has 0 fully saturated rings. The van der Waals surface area contributed by atoms with Crippen LogP contribution in [-0.4, -0.2) is 34.7 Å². The van der Waals surface area contributed by atoms with Gasteiger partial charge in [0, 0.05) is 0 Å². The molecule has 0 aromatic rings. The monoisotopic (exact) mass is 289 g/mol. The Kier molecular flexibility index (Phi) is 9.68. The third kappa shape index (κ3) is 7.51. The van der Waals surface area contributed by atoms with Crippen molar-refractivity contribution in [3.8, 4) is 0 Å². The molecule has 0 spiro atoms. The molecule has 0 aliphatic heterocycles. The summed E-state index contributed by atoms with van der Waals surface area (Å²) in [6.45, 7) is 2.47. The third-order valence-corrected chi connectivity index (χ3v) is 13.2. The molecule has 0 aliphatic rings. The van der Waals surface area contributed by atoms with Crippen LogP contribution in [0.4, 0.5) is 0 Å². The summed E-state index contributed by atoms with van der Waals surface area (Å²) in [6.07, 6.45) is 2.52. The summed E-state index contributed by atoms with van der Waals surface area (Å²) in [7, 11) is 7.92. The molecule has 0 bridgehead atoms. The number of halogens is 1. The molecule has 61 valence electrons. The van der Waals surface area contributed by atoms with Gasteiger partial charge in [0.25, 0.3) is 0 Å². The topological polar surface area (TPSA) is 20.2 Å². The fraction of sp³-hybridized carbons (Fsp3) is 1.00. The summed E-state index contributed by atoms with van der Waals surface area (Å²) in [5, 5.41) is 8.49. The third-order valence-electron chi connectivity index (χ3n) is 1.08. The van der Waals surface area contributed by atoms with Crippen LogP contribution in [0.1, 0.15) is 19.8 Å². The van der Waals surface area contributed by atoms with Crippen LogP contribution >= 0.6 is 17.9 Å². The van der Waals surface area contributed by atoms with Gasteiger partial charge in [-0.1, -0.05) is 0 Å². The minimum absolute atomic E-state index is 0.285. The molecule has 0 aromatic carbocycles. The second-order valence-corrected chi connectivity index (χ2v) is 16.5. The molecule has 0 saturated carbocycles. The quantitative estimate of drug-likeness (QED) is 0.757. The summed E-state index contributed by atoms with van der Waals surface area (Å²) in [5.74, 6) is 0.849. The van der Waals surface area contributed by atoms with Gasteiger partial charge in [0.15, 0.2) is 0 Å². The van der Waals surface area contributed by atoms with E-state index in [0.717, 1.165) is 5.75 Å². The van der Waals surface area contributed by atoms with Crippen molar-refractivity contribution >= 4 is 35.1 Å². The van der Waals surface area contributed by atoms with Gasteiger partial charge >= 0.3 is 76.8 Å². The zero-order chi connectivity index (χ0) is 7.82. The van der Waals surface area contributed by atoms with Gasteiger partial charge in [-0.15, -0.1) is 0 Å². The first kappa shape index (κ1) is 11.4. The Labute approximate surface area is 76.4 Å². The van der Waals surface area contributed by atoms with Gasteiger partial charge in [-0.3, -0.25) is 0 Å². The Bertz CT molecular complexity index is 66.8. The van der Waals surface area contributed by atoms with Gasteiger partial charge in [-0.2, -0.15) is 0 Å². The Morgan fingerprint density at radius 3 is 2.80 bits per heavy atom. The van der Waals surface area contributed by atoms with Gasteiger partial charge in [0.2, 0.25) is 0 Å². The fourth-order valence-electron chi connectivity index (χ4n) is 0.544. The predicted molar refractivity (Wildman–Crippen MR) is 50.9 cm³/mol. The molecule has 0 amide bonds. The number of aliphatic hydroxyl groups is 1. The maximum absolute atomic E-state index is 8.49. The van der Waals surface area contributed by atoms with Crippen LogP contribution in [0.3, 0.4) is 0 Å². The average Bonchev–Trinajstić information content (AvgIpc) is 1.97. The molecule has 0 atom stereocenters. The van der Waals surface area contributed by atoms with Crippen LogP contribution in [0.15, 0.2) is 0 Å². The van der Waals surface area contributed by atoms with Gasteiger partial charge < -0.3 is 0 Å². The molecule has 0 aliphatic carbocycles. The summed E-state index contributed by atoms with van der Waals surface area (Å²) >= 11 is -1.51. The predicted octanol–water partition coefficient (Wildman–Crippen LogP) is 2.24. The Morgan fingerprint density at radius 1 is 1.60 bits per heavy atom. The molecule has 1 N–H and O–H groups in total. The van der Waals surface area contributed by atoms with E-state index in [0.29, 0.717) is 0 Å². The SMILES string of the molecule is CCC[CH2][Sn]([Cl])[S]CCO. The van der Waals surface area contributed by atoms with Gasteiger partial charge in [-0.05, 0) is 0 Å². The molecule has 0 rings (SSSR count). The van der Waals surface area contributed by atoms with E-state index >= 15 is 0 Å². The second kappa shape index (κ2) is 8.49. The van der Waals surface area contributed by atoms with Crippen molar-refractivity contribution in [2.75, 3.05) is 12.4 Å². The van der Waals surface area contributed by atoms with Crippen LogP contribution in [0.25, 0.3) is 0 Å². The first-order valence-corrected chi connectivity index (χ1v) is 13.7. The van der Waals surface area contributed by atoms with Crippen LogP contribution in [-0.2, 0) is 0 Å². The number of hydrogen-bond acceptors (Lipinski definition) is 2. The van der Waals surface area contributed by atoms with E-state index in [1.807, 2.05) is 8.95 Å². The van der Waals surface area contributed by atoms with Crippen molar-refractivity contribution in [2.24, 2.45) is 0 Å². The van der Waals surface area contributed by atoms with Crippen LogP contribution in [0.5, 0.6) is 0 Å². The summed E-state index contributed by atoms with van der Waals surface area (Å²) in [6, 6.07) is 0. The van der Waals surface area contributed by atoms with E-state index in [4.69, 9.17) is 14.0 Å². The van der Waals surface area contributed by atoms with Crippen molar-refractivity contribution in [1.82, 2.24) is 0 Å². The summed E-state index contributed by atoms with van der Waals surface area (Å²) in [4.78, 5) is 0. The molecular weight excluding hydrogens is 274 g/mol. The van der Waals surface area contributed by atoms with Crippen molar-refractivity contribution < 1.29 is 5.11 Å². The molecule has 0 saturated heterocycles. The first-order valence-electron chi connectivity index (χ1n) is 3.56. The van der Waals surface area contributed by atoms with E-state index in [1.54, 1.807) is 0 Å². The molecule has 10 heavy (non-hydrogen) atoms. The Hall–Kier alpha value is 1.40. The van der Waals surface area contributed by atoms with Crippen LogP contribution in [0, 0.1) is 0 Å². The second-order valence-electron chi connectivity index (χ2n) is 2.03. The van der Waals surface area contributed by atoms with Crippen LogP contribution in [0.2, 0.25) is 4.44 Å². The number of rotatable bonds is 6. The van der Waals surface area contributed by atoms with Gasteiger partial charge in [-0.25, -0.2) is 0 Å². The molecule has 4 heteroatoms. The van der Waals surface area contributed by atoms with Gasteiger partial charge in [0.05, 0.1) is 0 Å². The normalized spacial score (nSPS) is 10.8. The molecule has 0 aromatic heterocycles. The molecule has 1 nitrogen and oxygen atoms in total. The molecular formula is C6H14ClOSSn. The van der Waals surface area contributed by atoms with Crippen molar-refractivity contribution in [3.05, 3.63) is 0 Å². The van der Waals surface area contributed by atoms with Crippen molar-refractivity contribution in [3.63, 3.8) is 0 Å². The van der Waals surface area contributed by atoms with E-state index < -0.39 is 17.3 Å². The van der Waals surface area contributed by atoms with Crippen LogP contribution < -0.4 is 0 Å². The standard InChI is InChI=1S/C4H9.C2H6OS.ClH.Sn/c1-3-4-2;3-1-2-4;;/h1,3-4H2,2H3;3-4H,1-2H2;1H;/q;;;+2/p-2. The Morgan fingerprint density at radius 2 is 2.30 bits per heavy atom. The maximum atomic E-state index is 8.49. The average molecular weight is 288 g/mol.